The molecule has 4 heteroatoms. The number of halogens is 1. The van der Waals surface area contributed by atoms with E-state index < -0.39 is 0 Å². The number of carbonyl (C=O) groups excluding carboxylic acids is 1. The molecule has 3 nitrogen and oxygen atoms in total. The number of likely N-dealkylation sites (N-methyl/N-ethyl adjacent to an activating group) is 1. The van der Waals surface area contributed by atoms with Crippen molar-refractivity contribution in [1.29, 1.82) is 0 Å². The molecule has 0 aromatic heterocycles. The number of anilines is 1. The first-order valence-electron chi connectivity index (χ1n) is 8.43. The molecule has 0 N–H and O–H groups in total. The van der Waals surface area contributed by atoms with Crippen LogP contribution < -0.4 is 4.90 Å². The summed E-state index contributed by atoms with van der Waals surface area (Å²) in [5, 5.41) is 0. The van der Waals surface area contributed by atoms with Gasteiger partial charge in [0, 0.05) is 34.2 Å². The summed E-state index contributed by atoms with van der Waals surface area (Å²) < 4.78 is 0.994. The van der Waals surface area contributed by atoms with Crippen LogP contribution >= 0.6 is 15.9 Å². The van der Waals surface area contributed by atoms with E-state index in [0.717, 1.165) is 35.2 Å². The van der Waals surface area contributed by atoms with Crippen molar-refractivity contribution in [3.05, 3.63) is 63.6 Å². The van der Waals surface area contributed by atoms with Crippen molar-refractivity contribution in [3.63, 3.8) is 0 Å². The second-order valence-electron chi connectivity index (χ2n) is 6.97. The Labute approximate surface area is 151 Å². The van der Waals surface area contributed by atoms with E-state index in [1.165, 1.54) is 11.1 Å². The number of rotatable bonds is 1. The summed E-state index contributed by atoms with van der Waals surface area (Å²) in [6, 6.07) is 14.5. The zero-order valence-electron chi connectivity index (χ0n) is 14.0. The van der Waals surface area contributed by atoms with Gasteiger partial charge in [-0.3, -0.25) is 4.79 Å². The molecular weight excluding hydrogens is 364 g/mol. The van der Waals surface area contributed by atoms with E-state index in [1.807, 2.05) is 24.3 Å². The van der Waals surface area contributed by atoms with Crippen LogP contribution in [0.15, 0.2) is 46.9 Å². The minimum atomic E-state index is 0.115. The summed E-state index contributed by atoms with van der Waals surface area (Å²) in [7, 11) is 2.17. The van der Waals surface area contributed by atoms with Crippen molar-refractivity contribution in [1.82, 2.24) is 4.90 Å². The number of benzene rings is 2. The number of carbonyl (C=O) groups is 1. The first-order valence-corrected chi connectivity index (χ1v) is 9.22. The number of hydrogen-bond donors (Lipinski definition) is 0. The highest BCUT2D eigenvalue weighted by molar-refractivity contribution is 9.10. The fourth-order valence-electron chi connectivity index (χ4n) is 4.08. The second kappa shape index (κ2) is 6.01. The van der Waals surface area contributed by atoms with Crippen molar-refractivity contribution in [2.75, 3.05) is 25.0 Å². The average Bonchev–Trinajstić information content (AvgIpc) is 2.88. The minimum Gasteiger partial charge on any atom is -0.306 e. The van der Waals surface area contributed by atoms with Crippen LogP contribution in [0.25, 0.3) is 0 Å². The van der Waals surface area contributed by atoms with Crippen molar-refractivity contribution in [2.24, 2.45) is 0 Å². The quantitative estimate of drug-likeness (QED) is 0.735. The standard InChI is InChI=1S/C20H21BrN2O/c1-13-3-8-18-16(11-13)17-12-22(2)10-9-19(17)23(18)20(24)14-4-6-15(21)7-5-14/h3-8,11,17,19H,9-10,12H2,1-2H3/t17-,19+/m1/s1. The molecule has 1 saturated heterocycles. The molecule has 2 aliphatic rings. The lowest BCUT2D eigenvalue weighted by Gasteiger charge is -2.36. The third-order valence-electron chi connectivity index (χ3n) is 5.26. The van der Waals surface area contributed by atoms with E-state index in [9.17, 15) is 4.79 Å². The van der Waals surface area contributed by atoms with Crippen LogP contribution in [-0.2, 0) is 0 Å². The largest absolute Gasteiger partial charge is 0.306 e. The predicted octanol–water partition coefficient (Wildman–Crippen LogP) is 4.21. The Hall–Kier alpha value is -1.65. The van der Waals surface area contributed by atoms with Gasteiger partial charge in [-0.25, -0.2) is 0 Å². The maximum atomic E-state index is 13.2. The lowest BCUT2D eigenvalue weighted by Crippen LogP contribution is -2.47. The van der Waals surface area contributed by atoms with E-state index in [-0.39, 0.29) is 11.9 Å². The van der Waals surface area contributed by atoms with Gasteiger partial charge < -0.3 is 9.80 Å². The van der Waals surface area contributed by atoms with Gasteiger partial charge in [0.25, 0.3) is 5.91 Å². The Morgan fingerprint density at radius 1 is 1.17 bits per heavy atom. The van der Waals surface area contributed by atoms with E-state index in [0.29, 0.717) is 5.92 Å². The molecule has 0 radical (unpaired) electrons. The fourth-order valence-corrected chi connectivity index (χ4v) is 4.34. The Kier molecular flexibility index (Phi) is 3.97. The minimum absolute atomic E-state index is 0.115. The van der Waals surface area contributed by atoms with E-state index in [1.54, 1.807) is 0 Å². The molecular formula is C20H21BrN2O. The summed E-state index contributed by atoms with van der Waals surface area (Å²) in [5.41, 5.74) is 4.44. The molecule has 2 aliphatic heterocycles. The van der Waals surface area contributed by atoms with E-state index in [4.69, 9.17) is 0 Å². The summed E-state index contributed by atoms with van der Waals surface area (Å²) >= 11 is 3.44. The normalized spacial score (nSPS) is 23.0. The highest BCUT2D eigenvalue weighted by Gasteiger charge is 2.43. The van der Waals surface area contributed by atoms with Crippen LogP contribution in [0, 0.1) is 6.92 Å². The Morgan fingerprint density at radius 2 is 1.92 bits per heavy atom. The van der Waals surface area contributed by atoms with Crippen LogP contribution in [-0.4, -0.2) is 37.0 Å². The maximum Gasteiger partial charge on any atom is 0.258 e. The zero-order valence-corrected chi connectivity index (χ0v) is 15.6. The van der Waals surface area contributed by atoms with Crippen molar-refractivity contribution >= 4 is 27.5 Å². The monoisotopic (exact) mass is 384 g/mol. The molecule has 0 spiro atoms. The highest BCUT2D eigenvalue weighted by Crippen LogP contribution is 2.45. The molecule has 2 aromatic carbocycles. The second-order valence-corrected chi connectivity index (χ2v) is 7.88. The molecule has 24 heavy (non-hydrogen) atoms. The lowest BCUT2D eigenvalue weighted by atomic mass is 9.88. The number of fused-ring (bicyclic) bond motifs is 3. The molecule has 0 bridgehead atoms. The van der Waals surface area contributed by atoms with Gasteiger partial charge in [0.1, 0.15) is 0 Å². The molecule has 2 atom stereocenters. The first kappa shape index (κ1) is 15.9. The number of amides is 1. The fraction of sp³-hybridized carbons (Fsp3) is 0.350. The van der Waals surface area contributed by atoms with E-state index >= 15 is 0 Å². The van der Waals surface area contributed by atoms with Gasteiger partial charge in [-0.1, -0.05) is 33.6 Å². The van der Waals surface area contributed by atoms with Gasteiger partial charge in [-0.2, -0.15) is 0 Å². The zero-order chi connectivity index (χ0) is 16.8. The first-order chi connectivity index (χ1) is 11.5. The Bertz CT molecular complexity index is 787. The lowest BCUT2D eigenvalue weighted by molar-refractivity contribution is 0.0964. The summed E-state index contributed by atoms with van der Waals surface area (Å²) in [5.74, 6) is 0.530. The van der Waals surface area contributed by atoms with Gasteiger partial charge in [0.2, 0.25) is 0 Å². The van der Waals surface area contributed by atoms with Crippen LogP contribution in [0.3, 0.4) is 0 Å². The summed E-state index contributed by atoms with van der Waals surface area (Å²) in [6.45, 7) is 4.19. The van der Waals surface area contributed by atoms with Crippen molar-refractivity contribution < 1.29 is 4.79 Å². The van der Waals surface area contributed by atoms with Crippen LogP contribution in [0.4, 0.5) is 5.69 Å². The van der Waals surface area contributed by atoms with Crippen molar-refractivity contribution in [2.45, 2.75) is 25.3 Å². The van der Waals surface area contributed by atoms with E-state index in [2.05, 4.69) is 57.9 Å². The van der Waals surface area contributed by atoms with Gasteiger partial charge in [-0.05, 0) is 62.8 Å². The molecule has 1 amide bonds. The van der Waals surface area contributed by atoms with Crippen molar-refractivity contribution in [3.8, 4) is 0 Å². The molecule has 4 rings (SSSR count). The number of hydrogen-bond acceptors (Lipinski definition) is 2. The highest BCUT2D eigenvalue weighted by atomic mass is 79.9. The van der Waals surface area contributed by atoms with Crippen LogP contribution in [0.1, 0.15) is 33.8 Å². The molecule has 124 valence electrons. The number of piperidine rings is 1. The molecule has 2 heterocycles. The third kappa shape index (κ3) is 2.58. The Morgan fingerprint density at radius 3 is 2.67 bits per heavy atom. The van der Waals surface area contributed by atoms with Crippen LogP contribution in [0.5, 0.6) is 0 Å². The SMILES string of the molecule is Cc1ccc2c(c1)[C@H]1CN(C)CC[C@@H]1N2C(=O)c1ccc(Br)cc1. The van der Waals surface area contributed by atoms with Gasteiger partial charge in [-0.15, -0.1) is 0 Å². The number of aryl methyl sites for hydroxylation is 1. The smallest absolute Gasteiger partial charge is 0.258 e. The van der Waals surface area contributed by atoms with Gasteiger partial charge >= 0.3 is 0 Å². The third-order valence-corrected chi connectivity index (χ3v) is 5.79. The Balaban J connectivity index is 1.77. The van der Waals surface area contributed by atoms with Gasteiger partial charge in [0.05, 0.1) is 0 Å². The molecule has 0 unspecified atom stereocenters. The number of nitrogens with zero attached hydrogens (tertiary/aromatic N) is 2. The predicted molar refractivity (Wildman–Crippen MR) is 101 cm³/mol. The summed E-state index contributed by atoms with van der Waals surface area (Å²) in [6.07, 6.45) is 1.02. The summed E-state index contributed by atoms with van der Waals surface area (Å²) in [4.78, 5) is 17.7. The average molecular weight is 385 g/mol. The molecule has 1 fully saturated rings. The molecule has 0 saturated carbocycles. The maximum absolute atomic E-state index is 13.2. The van der Waals surface area contributed by atoms with Gasteiger partial charge in [0.15, 0.2) is 0 Å². The topological polar surface area (TPSA) is 23.6 Å². The molecule has 0 aliphatic carbocycles. The van der Waals surface area contributed by atoms with Crippen LogP contribution in [0.2, 0.25) is 0 Å². The molecule has 2 aromatic rings. The number of likely N-dealkylation sites (tertiary alicyclic amines) is 1.